The average molecular weight is 769 g/mol. The number of alkyl carbamates (subject to hydrolysis) is 1. The number of nitrogens with zero attached hydrogens (tertiary/aromatic N) is 1. The summed E-state index contributed by atoms with van der Waals surface area (Å²) in [6, 6.07) is 13.2. The van der Waals surface area contributed by atoms with Crippen molar-refractivity contribution in [1.29, 1.82) is 0 Å². The molecule has 0 radical (unpaired) electrons. The molecule has 6 N–H and O–H groups in total. The molecule has 2 saturated heterocycles. The van der Waals surface area contributed by atoms with Crippen molar-refractivity contribution in [3.05, 3.63) is 54.1 Å². The summed E-state index contributed by atoms with van der Waals surface area (Å²) in [7, 11) is 1.65. The minimum atomic E-state index is -1.31. The van der Waals surface area contributed by atoms with Crippen LogP contribution in [0.4, 0.5) is 15.3 Å². The zero-order chi connectivity index (χ0) is 38.8. The lowest BCUT2D eigenvalue weighted by molar-refractivity contribution is -0.123. The third-order valence-corrected chi connectivity index (χ3v) is 11.1. The molecule has 296 valence electrons. The van der Waals surface area contributed by atoms with Crippen molar-refractivity contribution < 1.29 is 38.5 Å². The highest BCUT2D eigenvalue weighted by Gasteiger charge is 2.43. The Kier molecular flexibility index (Phi) is 14.3. The Bertz CT molecular complexity index is 1590. The Morgan fingerprint density at radius 1 is 1.06 bits per heavy atom. The topological polar surface area (TPSA) is 180 Å². The zero-order valence-corrected chi connectivity index (χ0v) is 32.7. The number of unbranched alkanes of at least 4 members (excludes halogenated alkanes) is 3. The van der Waals surface area contributed by atoms with E-state index in [2.05, 4.69) is 26.6 Å². The van der Waals surface area contributed by atoms with Gasteiger partial charge < -0.3 is 45.5 Å². The summed E-state index contributed by atoms with van der Waals surface area (Å²) in [4.78, 5) is 51.8. The number of aliphatic hydroxyl groups excluding tert-OH is 1. The van der Waals surface area contributed by atoms with Crippen LogP contribution < -0.4 is 41.0 Å². The third-order valence-electron chi connectivity index (χ3n) is 9.63. The maximum absolute atomic E-state index is 14.0. The minimum absolute atomic E-state index is 0.0679. The standard InChI is InChI=1S/C39H56N6O8S/c1-24(41-38(50)53-39(2,3)4)35(47)43-33-34(25-14-8-6-9-15-25)52-29-19-18-26(22-28(29)45(5)36(33)48)51-21-13-7-12-20-40-31(46)17-11-10-16-30-32-27(23-54-30)42-37(49)44-32/h6,8-9,14-15,18-19,22,24,27,30,32-35,43,47H,7,10-13,16-17,20-21,23H2,1-5H3,(H,40,46)(H,41,50)(H2,42,44,49)/t24-,27-,30-,32-,33-,34+,35?/m0/s1. The van der Waals surface area contributed by atoms with Crippen LogP contribution in [0.25, 0.3) is 0 Å². The molecule has 15 heteroatoms. The number of nitrogens with one attached hydrogen (secondary N) is 5. The van der Waals surface area contributed by atoms with Crippen molar-refractivity contribution in [3.63, 3.8) is 0 Å². The molecule has 3 aliphatic rings. The number of rotatable bonds is 17. The maximum Gasteiger partial charge on any atom is 0.408 e. The molecule has 0 saturated carbocycles. The molecular weight excluding hydrogens is 713 g/mol. The minimum Gasteiger partial charge on any atom is -0.494 e. The van der Waals surface area contributed by atoms with E-state index >= 15 is 0 Å². The van der Waals surface area contributed by atoms with Crippen LogP contribution in [-0.2, 0) is 14.3 Å². The number of aliphatic hydroxyl groups is 1. The molecule has 5 rings (SSSR count). The number of hydrogen-bond donors (Lipinski definition) is 6. The summed E-state index contributed by atoms with van der Waals surface area (Å²) in [5, 5.41) is 26.1. The van der Waals surface area contributed by atoms with E-state index in [0.29, 0.717) is 42.0 Å². The Balaban J connectivity index is 1.06. The second-order valence-electron chi connectivity index (χ2n) is 15.1. The van der Waals surface area contributed by atoms with Crippen LogP contribution >= 0.6 is 11.8 Å². The molecule has 0 aromatic heterocycles. The van der Waals surface area contributed by atoms with Gasteiger partial charge in [-0.2, -0.15) is 11.8 Å². The predicted octanol–water partition coefficient (Wildman–Crippen LogP) is 4.36. The number of benzene rings is 2. The first kappa shape index (κ1) is 41.0. The molecule has 2 aromatic rings. The van der Waals surface area contributed by atoms with Crippen LogP contribution in [-0.4, -0.2) is 96.2 Å². The van der Waals surface area contributed by atoms with Crippen LogP contribution in [0.2, 0.25) is 0 Å². The summed E-state index contributed by atoms with van der Waals surface area (Å²) in [6.07, 6.45) is 3.02. The number of amides is 5. The van der Waals surface area contributed by atoms with E-state index in [9.17, 15) is 24.3 Å². The molecule has 5 amide bonds. The molecule has 54 heavy (non-hydrogen) atoms. The van der Waals surface area contributed by atoms with Crippen molar-refractivity contribution in [2.45, 2.75) is 120 Å². The SMILES string of the molecule is C[C@H](NC(=O)OC(C)(C)C)C(O)N[C@@H]1C(=O)N(C)c2cc(OCCCCCNC(=O)CCCC[C@@H]3SC[C@@H]4NC(=O)N[C@@H]43)ccc2O[C@@H]1c1ccccc1. The second-order valence-corrected chi connectivity index (χ2v) is 16.4. The van der Waals surface area contributed by atoms with Gasteiger partial charge in [0.1, 0.15) is 35.5 Å². The predicted molar refractivity (Wildman–Crippen MR) is 208 cm³/mol. The van der Waals surface area contributed by atoms with Gasteiger partial charge >= 0.3 is 12.1 Å². The Hall–Kier alpha value is -4.21. The van der Waals surface area contributed by atoms with Gasteiger partial charge in [-0.1, -0.05) is 36.8 Å². The van der Waals surface area contributed by atoms with Crippen molar-refractivity contribution in [1.82, 2.24) is 26.6 Å². The van der Waals surface area contributed by atoms with Gasteiger partial charge in [0.2, 0.25) is 11.8 Å². The summed E-state index contributed by atoms with van der Waals surface area (Å²) in [5.41, 5.74) is 0.545. The van der Waals surface area contributed by atoms with E-state index in [1.165, 1.54) is 4.90 Å². The Morgan fingerprint density at radius 3 is 2.59 bits per heavy atom. The lowest BCUT2D eigenvalue weighted by atomic mass is 10.0. The van der Waals surface area contributed by atoms with E-state index < -0.39 is 36.1 Å². The van der Waals surface area contributed by atoms with E-state index in [0.717, 1.165) is 49.8 Å². The molecule has 7 atom stereocenters. The number of carbonyl (C=O) groups excluding carboxylic acids is 4. The first-order chi connectivity index (χ1) is 25.8. The molecule has 3 heterocycles. The van der Waals surface area contributed by atoms with Crippen LogP contribution in [0.1, 0.15) is 84.3 Å². The van der Waals surface area contributed by atoms with Gasteiger partial charge in [0.25, 0.3) is 0 Å². The van der Waals surface area contributed by atoms with Crippen LogP contribution in [0.5, 0.6) is 11.5 Å². The maximum atomic E-state index is 14.0. The highest BCUT2D eigenvalue weighted by molar-refractivity contribution is 8.00. The number of fused-ring (bicyclic) bond motifs is 2. The summed E-state index contributed by atoms with van der Waals surface area (Å²) < 4.78 is 17.9. The number of ether oxygens (including phenoxy) is 3. The molecule has 1 unspecified atom stereocenters. The van der Waals surface area contributed by atoms with E-state index in [-0.39, 0.29) is 29.9 Å². The van der Waals surface area contributed by atoms with Crippen LogP contribution in [0.3, 0.4) is 0 Å². The zero-order valence-electron chi connectivity index (χ0n) is 31.9. The molecular formula is C39H56N6O8S. The largest absolute Gasteiger partial charge is 0.494 e. The Labute approximate surface area is 322 Å². The first-order valence-electron chi connectivity index (χ1n) is 18.9. The van der Waals surface area contributed by atoms with Crippen molar-refractivity contribution >= 4 is 41.4 Å². The van der Waals surface area contributed by atoms with Crippen LogP contribution in [0, 0.1) is 0 Å². The third kappa shape index (κ3) is 11.4. The normalized spacial score (nSPS) is 23.1. The highest BCUT2D eigenvalue weighted by atomic mass is 32.2. The fraction of sp³-hybridized carbons (Fsp3) is 0.590. The van der Waals surface area contributed by atoms with E-state index in [4.69, 9.17) is 14.2 Å². The van der Waals surface area contributed by atoms with Crippen molar-refractivity contribution in [3.8, 4) is 11.5 Å². The summed E-state index contributed by atoms with van der Waals surface area (Å²) >= 11 is 1.90. The fourth-order valence-corrected chi connectivity index (χ4v) is 8.30. The molecule has 2 fully saturated rings. The second kappa shape index (κ2) is 18.9. The van der Waals surface area contributed by atoms with Gasteiger partial charge in [0.15, 0.2) is 0 Å². The highest BCUT2D eigenvalue weighted by Crippen LogP contribution is 2.40. The number of hydrogen-bond acceptors (Lipinski definition) is 10. The molecule has 0 spiro atoms. The lowest BCUT2D eigenvalue weighted by Gasteiger charge is -2.31. The van der Waals surface area contributed by atoms with Crippen LogP contribution in [0.15, 0.2) is 48.5 Å². The van der Waals surface area contributed by atoms with Crippen molar-refractivity contribution in [2.24, 2.45) is 0 Å². The molecule has 2 aromatic carbocycles. The Morgan fingerprint density at radius 2 is 1.83 bits per heavy atom. The van der Waals surface area contributed by atoms with Crippen molar-refractivity contribution in [2.75, 3.05) is 30.9 Å². The molecule has 0 bridgehead atoms. The number of carbonyl (C=O) groups is 4. The van der Waals surface area contributed by atoms with Gasteiger partial charge in [-0.25, -0.2) is 9.59 Å². The number of thioether (sulfide) groups is 1. The summed E-state index contributed by atoms with van der Waals surface area (Å²) in [5.74, 6) is 1.74. The average Bonchev–Trinajstić information content (AvgIpc) is 3.66. The van der Waals surface area contributed by atoms with Gasteiger partial charge in [0, 0.05) is 37.1 Å². The van der Waals surface area contributed by atoms with E-state index in [1.54, 1.807) is 52.9 Å². The fourth-order valence-electron chi connectivity index (χ4n) is 6.76. The first-order valence-corrected chi connectivity index (χ1v) is 20.0. The molecule has 0 aliphatic carbocycles. The monoisotopic (exact) mass is 768 g/mol. The van der Waals surface area contributed by atoms with E-state index in [1.807, 2.05) is 42.1 Å². The summed E-state index contributed by atoms with van der Waals surface area (Å²) in [6.45, 7) is 7.94. The molecule has 14 nitrogen and oxygen atoms in total. The lowest BCUT2D eigenvalue weighted by Crippen LogP contribution is -2.57. The quantitative estimate of drug-likeness (QED) is 0.0770. The molecule has 3 aliphatic heterocycles. The number of likely N-dealkylation sites (N-methyl/N-ethyl adjacent to an activating group) is 1. The van der Waals surface area contributed by atoms with Gasteiger partial charge in [-0.3, -0.25) is 14.9 Å². The van der Waals surface area contributed by atoms with Gasteiger partial charge in [-0.15, -0.1) is 0 Å². The van der Waals surface area contributed by atoms with Gasteiger partial charge in [0.05, 0.1) is 30.4 Å². The number of anilines is 1. The van der Waals surface area contributed by atoms with Gasteiger partial charge in [-0.05, 0) is 77.5 Å². The number of urea groups is 1. The smallest absolute Gasteiger partial charge is 0.408 e.